The van der Waals surface area contributed by atoms with Crippen LogP contribution in [0.5, 0.6) is 0 Å². The predicted molar refractivity (Wildman–Crippen MR) is 70.4 cm³/mol. The first-order valence-corrected chi connectivity index (χ1v) is 6.13. The highest BCUT2D eigenvalue weighted by atomic mass is 35.5. The van der Waals surface area contributed by atoms with Gasteiger partial charge >= 0.3 is 0 Å². The molecule has 0 spiro atoms. The Hall–Kier alpha value is -1.17. The second-order valence-electron chi connectivity index (χ2n) is 4.12. The Balaban J connectivity index is 2.05. The number of pyridine rings is 1. The van der Waals surface area contributed by atoms with Gasteiger partial charge in [-0.2, -0.15) is 0 Å². The molecule has 0 unspecified atom stereocenters. The van der Waals surface area contributed by atoms with Crippen LogP contribution in [0.25, 0.3) is 0 Å². The highest BCUT2D eigenvalue weighted by Gasteiger charge is 2.10. The van der Waals surface area contributed by atoms with Gasteiger partial charge in [0.1, 0.15) is 12.2 Å². The lowest BCUT2D eigenvalue weighted by atomic mass is 10.2. The van der Waals surface area contributed by atoms with Crippen LogP contribution in [-0.4, -0.2) is 31.7 Å². The molecule has 96 valence electrons. The predicted octanol–water partition coefficient (Wildman–Crippen LogP) is 2.15. The van der Waals surface area contributed by atoms with Crippen molar-refractivity contribution in [3.05, 3.63) is 40.2 Å². The van der Waals surface area contributed by atoms with Crippen molar-refractivity contribution >= 4 is 23.2 Å². The number of aromatic nitrogens is 4. The minimum atomic E-state index is 0.473. The summed E-state index contributed by atoms with van der Waals surface area (Å²) in [6, 6.07) is 0. The van der Waals surface area contributed by atoms with Gasteiger partial charge in [0, 0.05) is 31.5 Å². The van der Waals surface area contributed by atoms with Gasteiger partial charge in [-0.25, -0.2) is 0 Å². The fraction of sp³-hybridized carbons (Fsp3) is 0.364. The minimum Gasteiger partial charge on any atom is -0.320 e. The van der Waals surface area contributed by atoms with E-state index >= 15 is 0 Å². The van der Waals surface area contributed by atoms with E-state index in [-0.39, 0.29) is 0 Å². The second kappa shape index (κ2) is 5.65. The molecule has 2 aromatic rings. The number of nitrogens with zero attached hydrogens (tertiary/aromatic N) is 5. The number of aryl methyl sites for hydroxylation is 1. The molecule has 0 aliphatic rings. The normalized spacial score (nSPS) is 11.2. The van der Waals surface area contributed by atoms with E-state index in [1.54, 1.807) is 12.5 Å². The molecular formula is C11H13Cl2N5. The maximum atomic E-state index is 6.12. The van der Waals surface area contributed by atoms with Crippen LogP contribution in [0.2, 0.25) is 10.0 Å². The summed E-state index contributed by atoms with van der Waals surface area (Å²) in [5, 5.41) is 8.90. The number of rotatable bonds is 4. The van der Waals surface area contributed by atoms with Gasteiger partial charge in [-0.05, 0) is 7.05 Å². The lowest BCUT2D eigenvalue weighted by Crippen LogP contribution is -2.19. The van der Waals surface area contributed by atoms with Gasteiger partial charge in [0.05, 0.1) is 16.6 Å². The van der Waals surface area contributed by atoms with Crippen LogP contribution in [0.1, 0.15) is 11.4 Å². The molecule has 0 bridgehead atoms. The van der Waals surface area contributed by atoms with Gasteiger partial charge in [-0.3, -0.25) is 9.88 Å². The molecule has 0 aromatic carbocycles. The first kappa shape index (κ1) is 13.3. The molecule has 0 radical (unpaired) electrons. The molecule has 0 aliphatic carbocycles. The van der Waals surface area contributed by atoms with Crippen molar-refractivity contribution in [2.75, 3.05) is 7.05 Å². The number of hydrogen-bond acceptors (Lipinski definition) is 4. The van der Waals surface area contributed by atoms with Crippen LogP contribution < -0.4 is 0 Å². The molecule has 0 aliphatic heterocycles. The fourth-order valence-corrected chi connectivity index (χ4v) is 1.94. The van der Waals surface area contributed by atoms with E-state index in [0.717, 1.165) is 11.4 Å². The molecule has 2 aromatic heterocycles. The average molecular weight is 286 g/mol. The van der Waals surface area contributed by atoms with Gasteiger partial charge < -0.3 is 4.57 Å². The van der Waals surface area contributed by atoms with E-state index in [1.165, 1.54) is 6.20 Å². The summed E-state index contributed by atoms with van der Waals surface area (Å²) >= 11 is 12.0. The highest BCUT2D eigenvalue weighted by molar-refractivity contribution is 6.42. The molecule has 18 heavy (non-hydrogen) atoms. The lowest BCUT2D eigenvalue weighted by Gasteiger charge is -2.16. The van der Waals surface area contributed by atoms with E-state index in [4.69, 9.17) is 23.2 Å². The van der Waals surface area contributed by atoms with Crippen LogP contribution in [0.3, 0.4) is 0 Å². The van der Waals surface area contributed by atoms with Crippen molar-refractivity contribution in [1.82, 2.24) is 24.6 Å². The minimum absolute atomic E-state index is 0.473. The molecule has 0 saturated heterocycles. The smallest absolute Gasteiger partial charge is 0.146 e. The lowest BCUT2D eigenvalue weighted by molar-refractivity contribution is 0.306. The molecule has 0 saturated carbocycles. The Morgan fingerprint density at radius 3 is 2.72 bits per heavy atom. The quantitative estimate of drug-likeness (QED) is 0.864. The fourth-order valence-electron chi connectivity index (χ4n) is 1.61. The Morgan fingerprint density at radius 1 is 1.28 bits per heavy atom. The van der Waals surface area contributed by atoms with Gasteiger partial charge in [0.2, 0.25) is 0 Å². The standard InChI is InChI=1S/C11H13Cl2N5/c1-17(6-10-16-15-7-18(10)2)5-8-3-14-4-9(12)11(8)13/h3-4,7H,5-6H2,1-2H3. The Kier molecular flexibility index (Phi) is 4.16. The van der Waals surface area contributed by atoms with E-state index in [9.17, 15) is 0 Å². The van der Waals surface area contributed by atoms with Crippen LogP contribution in [0.4, 0.5) is 0 Å². The Bertz CT molecular complexity index is 540. The number of hydrogen-bond donors (Lipinski definition) is 0. The summed E-state index contributed by atoms with van der Waals surface area (Å²) in [4.78, 5) is 6.11. The third kappa shape index (κ3) is 2.98. The number of halogens is 2. The first-order chi connectivity index (χ1) is 8.58. The zero-order valence-corrected chi connectivity index (χ0v) is 11.7. The van der Waals surface area contributed by atoms with Gasteiger partial charge in [-0.1, -0.05) is 23.2 Å². The maximum absolute atomic E-state index is 6.12. The van der Waals surface area contributed by atoms with Crippen LogP contribution in [-0.2, 0) is 20.1 Å². The Morgan fingerprint density at radius 2 is 2.06 bits per heavy atom. The molecule has 2 heterocycles. The summed E-state index contributed by atoms with van der Waals surface area (Å²) in [6.07, 6.45) is 4.94. The van der Waals surface area contributed by atoms with E-state index in [1.807, 2.05) is 18.7 Å². The van der Waals surface area contributed by atoms with E-state index in [0.29, 0.717) is 23.1 Å². The van der Waals surface area contributed by atoms with Gasteiger partial charge in [0.25, 0.3) is 0 Å². The molecule has 0 N–H and O–H groups in total. The third-order valence-corrected chi connectivity index (χ3v) is 3.40. The van der Waals surface area contributed by atoms with Gasteiger partial charge in [-0.15, -0.1) is 10.2 Å². The Labute approximate surface area is 115 Å². The zero-order chi connectivity index (χ0) is 13.1. The van der Waals surface area contributed by atoms with Crippen LogP contribution in [0, 0.1) is 0 Å². The van der Waals surface area contributed by atoms with Crippen molar-refractivity contribution in [3.8, 4) is 0 Å². The second-order valence-corrected chi connectivity index (χ2v) is 4.91. The molecule has 0 fully saturated rings. The van der Waals surface area contributed by atoms with Crippen molar-refractivity contribution < 1.29 is 0 Å². The average Bonchev–Trinajstić information content (AvgIpc) is 2.71. The molecule has 2 rings (SSSR count). The van der Waals surface area contributed by atoms with E-state index in [2.05, 4.69) is 20.1 Å². The van der Waals surface area contributed by atoms with Crippen molar-refractivity contribution in [1.29, 1.82) is 0 Å². The first-order valence-electron chi connectivity index (χ1n) is 5.37. The topological polar surface area (TPSA) is 46.8 Å². The largest absolute Gasteiger partial charge is 0.320 e. The highest BCUT2D eigenvalue weighted by Crippen LogP contribution is 2.25. The molecule has 0 amide bonds. The summed E-state index contributed by atoms with van der Waals surface area (Å²) < 4.78 is 1.88. The van der Waals surface area contributed by atoms with Crippen LogP contribution in [0.15, 0.2) is 18.7 Å². The van der Waals surface area contributed by atoms with Crippen molar-refractivity contribution in [3.63, 3.8) is 0 Å². The summed E-state index contributed by atoms with van der Waals surface area (Å²) in [7, 11) is 3.89. The van der Waals surface area contributed by atoms with E-state index < -0.39 is 0 Å². The third-order valence-electron chi connectivity index (χ3n) is 2.57. The van der Waals surface area contributed by atoms with Crippen molar-refractivity contribution in [2.24, 2.45) is 7.05 Å². The van der Waals surface area contributed by atoms with Crippen molar-refractivity contribution in [2.45, 2.75) is 13.1 Å². The molecule has 0 atom stereocenters. The maximum Gasteiger partial charge on any atom is 0.146 e. The molecular weight excluding hydrogens is 273 g/mol. The summed E-state index contributed by atoms with van der Waals surface area (Å²) in [5.74, 6) is 0.892. The summed E-state index contributed by atoms with van der Waals surface area (Å²) in [6.45, 7) is 1.33. The molecule has 5 nitrogen and oxygen atoms in total. The summed E-state index contributed by atoms with van der Waals surface area (Å²) in [5.41, 5.74) is 0.897. The SMILES string of the molecule is CN(Cc1cncc(Cl)c1Cl)Cc1nncn1C. The monoisotopic (exact) mass is 285 g/mol. The molecule has 7 heteroatoms. The van der Waals surface area contributed by atoms with Crippen LogP contribution >= 0.6 is 23.2 Å². The zero-order valence-electron chi connectivity index (χ0n) is 10.1. The van der Waals surface area contributed by atoms with Gasteiger partial charge in [0.15, 0.2) is 0 Å².